The van der Waals surface area contributed by atoms with Gasteiger partial charge in [-0.15, -0.1) is 0 Å². The summed E-state index contributed by atoms with van der Waals surface area (Å²) in [7, 11) is 0. The first kappa shape index (κ1) is 20.0. The second-order valence-corrected chi connectivity index (χ2v) is 7.65. The third-order valence-corrected chi connectivity index (χ3v) is 5.51. The average Bonchev–Trinajstić information content (AvgIpc) is 2.76. The van der Waals surface area contributed by atoms with Crippen LogP contribution in [0.3, 0.4) is 0 Å². The monoisotopic (exact) mass is 419 g/mol. The van der Waals surface area contributed by atoms with Crippen LogP contribution >= 0.6 is 11.6 Å². The van der Waals surface area contributed by atoms with Crippen LogP contribution in [0.25, 0.3) is 11.1 Å². The molecule has 1 aliphatic rings. The molecule has 1 saturated heterocycles. The third kappa shape index (κ3) is 4.16. The second kappa shape index (κ2) is 8.59. The van der Waals surface area contributed by atoms with Crippen LogP contribution in [0.1, 0.15) is 6.92 Å². The van der Waals surface area contributed by atoms with Gasteiger partial charge < -0.3 is 15.1 Å². The molecule has 30 heavy (non-hydrogen) atoms. The molecule has 0 bridgehead atoms. The summed E-state index contributed by atoms with van der Waals surface area (Å²) in [6.07, 6.45) is 0. The molecular weight excluding hydrogens is 398 g/mol. The van der Waals surface area contributed by atoms with E-state index >= 15 is 0 Å². The van der Waals surface area contributed by atoms with Gasteiger partial charge in [0.05, 0.1) is 0 Å². The molecule has 5 nitrogen and oxygen atoms in total. The van der Waals surface area contributed by atoms with Crippen molar-refractivity contribution in [2.75, 3.05) is 23.3 Å². The van der Waals surface area contributed by atoms with Crippen molar-refractivity contribution in [1.82, 2.24) is 4.90 Å². The number of hydrogen-bond acceptors (Lipinski definition) is 2. The van der Waals surface area contributed by atoms with Crippen molar-refractivity contribution >= 4 is 34.9 Å². The molecule has 0 aromatic heterocycles. The molecule has 1 N–H and O–H groups in total. The number of urea groups is 1. The first-order valence-corrected chi connectivity index (χ1v) is 10.2. The van der Waals surface area contributed by atoms with Gasteiger partial charge in [-0.2, -0.15) is 0 Å². The standard InChI is InChI=1S/C24H22ClN3O2/c1-17-23(29)28(22-12-10-19(11-13-22)18-6-3-2-4-7-18)15-14-27(17)24(30)26-21-9-5-8-20(25)16-21/h2-13,16-17H,14-15H2,1H3,(H,26,30)/t17-/m0/s1. The topological polar surface area (TPSA) is 52.7 Å². The Bertz CT molecular complexity index is 1050. The molecule has 152 valence electrons. The Hall–Kier alpha value is -3.31. The van der Waals surface area contributed by atoms with E-state index in [0.717, 1.165) is 16.8 Å². The smallest absolute Gasteiger partial charge is 0.311 e. The van der Waals surface area contributed by atoms with E-state index in [9.17, 15) is 9.59 Å². The predicted octanol–water partition coefficient (Wildman–Crippen LogP) is 5.28. The zero-order valence-corrected chi connectivity index (χ0v) is 17.3. The molecule has 3 aromatic rings. The molecule has 0 spiro atoms. The van der Waals surface area contributed by atoms with E-state index in [1.165, 1.54) is 0 Å². The predicted molar refractivity (Wildman–Crippen MR) is 121 cm³/mol. The molecule has 4 rings (SSSR count). The Labute approximate surface area is 180 Å². The van der Waals surface area contributed by atoms with Gasteiger partial charge in [0.1, 0.15) is 6.04 Å². The number of benzene rings is 3. The van der Waals surface area contributed by atoms with Crippen LogP contribution in [0.2, 0.25) is 5.02 Å². The maximum atomic E-state index is 13.0. The Balaban J connectivity index is 1.45. The number of nitrogens with one attached hydrogen (secondary N) is 1. The molecular formula is C24H22ClN3O2. The van der Waals surface area contributed by atoms with Gasteiger partial charge in [-0.25, -0.2) is 4.79 Å². The van der Waals surface area contributed by atoms with Crippen molar-refractivity contribution in [3.8, 4) is 11.1 Å². The van der Waals surface area contributed by atoms with Crippen molar-refractivity contribution in [3.63, 3.8) is 0 Å². The van der Waals surface area contributed by atoms with Gasteiger partial charge in [0.15, 0.2) is 0 Å². The highest BCUT2D eigenvalue weighted by molar-refractivity contribution is 6.30. The fraction of sp³-hybridized carbons (Fsp3) is 0.167. The molecule has 0 unspecified atom stereocenters. The molecule has 3 amide bonds. The van der Waals surface area contributed by atoms with Gasteiger partial charge in [-0.05, 0) is 48.4 Å². The van der Waals surface area contributed by atoms with E-state index in [1.807, 2.05) is 42.5 Å². The molecule has 6 heteroatoms. The number of amides is 3. The number of halogens is 1. The van der Waals surface area contributed by atoms with E-state index in [2.05, 4.69) is 17.4 Å². The minimum absolute atomic E-state index is 0.102. The van der Waals surface area contributed by atoms with Gasteiger partial charge in [-0.1, -0.05) is 60.1 Å². The quantitative estimate of drug-likeness (QED) is 0.628. The van der Waals surface area contributed by atoms with Crippen LogP contribution < -0.4 is 10.2 Å². The molecule has 3 aromatic carbocycles. The number of carbonyl (C=O) groups excluding carboxylic acids is 2. The van der Waals surface area contributed by atoms with E-state index in [4.69, 9.17) is 11.6 Å². The SMILES string of the molecule is C[C@H]1C(=O)N(c2ccc(-c3ccccc3)cc2)CCN1C(=O)Nc1cccc(Cl)c1. The minimum atomic E-state index is -0.563. The van der Waals surface area contributed by atoms with E-state index < -0.39 is 6.04 Å². The highest BCUT2D eigenvalue weighted by Crippen LogP contribution is 2.26. The summed E-state index contributed by atoms with van der Waals surface area (Å²) in [6.45, 7) is 2.64. The van der Waals surface area contributed by atoms with Crippen LogP contribution in [0.4, 0.5) is 16.2 Å². The van der Waals surface area contributed by atoms with Crippen molar-refractivity contribution in [2.45, 2.75) is 13.0 Å². The summed E-state index contributed by atoms with van der Waals surface area (Å²) in [5.74, 6) is -0.102. The average molecular weight is 420 g/mol. The number of nitrogens with zero attached hydrogens (tertiary/aromatic N) is 2. The summed E-state index contributed by atoms with van der Waals surface area (Å²) in [4.78, 5) is 29.0. The largest absolute Gasteiger partial charge is 0.322 e. The number of anilines is 2. The number of rotatable bonds is 3. The molecule has 0 aliphatic carbocycles. The summed E-state index contributed by atoms with van der Waals surface area (Å²) < 4.78 is 0. The van der Waals surface area contributed by atoms with Gasteiger partial charge in [0, 0.05) is 29.5 Å². The molecule has 1 fully saturated rings. The molecule has 0 saturated carbocycles. The second-order valence-electron chi connectivity index (χ2n) is 7.21. The Morgan fingerprint density at radius 1 is 0.933 bits per heavy atom. The molecule has 1 heterocycles. The maximum absolute atomic E-state index is 13.0. The van der Waals surface area contributed by atoms with Crippen molar-refractivity contribution in [3.05, 3.63) is 83.9 Å². The summed E-state index contributed by atoms with van der Waals surface area (Å²) in [6, 6.07) is 24.1. The number of carbonyl (C=O) groups is 2. The maximum Gasteiger partial charge on any atom is 0.322 e. The highest BCUT2D eigenvalue weighted by atomic mass is 35.5. The summed E-state index contributed by atoms with van der Waals surface area (Å²) in [5.41, 5.74) is 3.66. The zero-order valence-electron chi connectivity index (χ0n) is 16.6. The Kier molecular flexibility index (Phi) is 5.72. The van der Waals surface area contributed by atoms with E-state index in [-0.39, 0.29) is 11.9 Å². The van der Waals surface area contributed by atoms with Crippen LogP contribution in [-0.2, 0) is 4.79 Å². The van der Waals surface area contributed by atoms with Gasteiger partial charge in [0.2, 0.25) is 5.91 Å². The Morgan fingerprint density at radius 2 is 1.63 bits per heavy atom. The molecule has 1 aliphatic heterocycles. The number of piperazine rings is 1. The van der Waals surface area contributed by atoms with Gasteiger partial charge in [0.25, 0.3) is 0 Å². The minimum Gasteiger partial charge on any atom is -0.311 e. The first-order valence-electron chi connectivity index (χ1n) is 9.83. The third-order valence-electron chi connectivity index (χ3n) is 5.28. The van der Waals surface area contributed by atoms with Crippen molar-refractivity contribution in [1.29, 1.82) is 0 Å². The highest BCUT2D eigenvalue weighted by Gasteiger charge is 2.35. The van der Waals surface area contributed by atoms with Crippen molar-refractivity contribution in [2.24, 2.45) is 0 Å². The van der Waals surface area contributed by atoms with Crippen LogP contribution in [0, 0.1) is 0 Å². The lowest BCUT2D eigenvalue weighted by Gasteiger charge is -2.39. The van der Waals surface area contributed by atoms with Gasteiger partial charge in [-0.3, -0.25) is 4.79 Å². The van der Waals surface area contributed by atoms with Crippen LogP contribution in [0.15, 0.2) is 78.9 Å². The summed E-state index contributed by atoms with van der Waals surface area (Å²) in [5, 5.41) is 3.36. The first-order chi connectivity index (χ1) is 14.5. The van der Waals surface area contributed by atoms with Crippen LogP contribution in [-0.4, -0.2) is 36.0 Å². The van der Waals surface area contributed by atoms with E-state index in [1.54, 1.807) is 41.0 Å². The molecule has 1 atom stereocenters. The normalized spacial score (nSPS) is 16.5. The fourth-order valence-corrected chi connectivity index (χ4v) is 3.82. The summed E-state index contributed by atoms with van der Waals surface area (Å²) >= 11 is 5.98. The molecule has 0 radical (unpaired) electrons. The fourth-order valence-electron chi connectivity index (χ4n) is 3.63. The van der Waals surface area contributed by atoms with Crippen molar-refractivity contribution < 1.29 is 9.59 Å². The Morgan fingerprint density at radius 3 is 2.33 bits per heavy atom. The lowest BCUT2D eigenvalue weighted by atomic mass is 10.0. The zero-order chi connectivity index (χ0) is 21.1. The lowest BCUT2D eigenvalue weighted by Crippen LogP contribution is -2.58. The van der Waals surface area contributed by atoms with E-state index in [0.29, 0.717) is 23.8 Å². The lowest BCUT2D eigenvalue weighted by molar-refractivity contribution is -0.123. The van der Waals surface area contributed by atoms with Gasteiger partial charge >= 0.3 is 6.03 Å². The number of hydrogen-bond donors (Lipinski definition) is 1. The van der Waals surface area contributed by atoms with Crippen LogP contribution in [0.5, 0.6) is 0 Å².